The number of aliphatic hydroxyl groups excluding tert-OH is 1. The van der Waals surface area contributed by atoms with Crippen LogP contribution >= 0.6 is 11.3 Å². The van der Waals surface area contributed by atoms with Gasteiger partial charge in [-0.25, -0.2) is 4.98 Å². The molecular formula is C22H23N5O2S. The molecule has 0 bridgehead atoms. The first-order valence-electron chi connectivity index (χ1n) is 9.94. The first-order valence-corrected chi connectivity index (χ1v) is 10.8. The van der Waals surface area contributed by atoms with Gasteiger partial charge in [0, 0.05) is 30.4 Å². The van der Waals surface area contributed by atoms with Crippen LogP contribution in [0.15, 0.2) is 54.0 Å². The molecule has 1 fully saturated rings. The predicted octanol–water partition coefficient (Wildman–Crippen LogP) is 3.81. The van der Waals surface area contributed by atoms with Gasteiger partial charge in [-0.05, 0) is 37.1 Å². The molecule has 30 heavy (non-hydrogen) atoms. The number of rotatable bonds is 7. The lowest BCUT2D eigenvalue weighted by Crippen LogP contribution is -2.23. The summed E-state index contributed by atoms with van der Waals surface area (Å²) in [6.07, 6.45) is 3.07. The van der Waals surface area contributed by atoms with E-state index in [9.17, 15) is 9.90 Å². The van der Waals surface area contributed by atoms with E-state index in [-0.39, 0.29) is 24.9 Å². The number of para-hydroxylation sites is 1. The minimum Gasteiger partial charge on any atom is -0.390 e. The summed E-state index contributed by atoms with van der Waals surface area (Å²) >= 11 is 1.42. The Balaban J connectivity index is 1.45. The summed E-state index contributed by atoms with van der Waals surface area (Å²) in [5, 5.41) is 24.0. The molecule has 4 rings (SSSR count). The number of aliphatic hydroxyl groups is 1. The van der Waals surface area contributed by atoms with Gasteiger partial charge in [0.05, 0.1) is 30.3 Å². The van der Waals surface area contributed by atoms with E-state index in [0.717, 1.165) is 25.1 Å². The molecule has 7 nitrogen and oxygen atoms in total. The molecule has 1 saturated heterocycles. The van der Waals surface area contributed by atoms with Crippen molar-refractivity contribution >= 4 is 28.1 Å². The standard InChI is InChI=1S/C22H23N5O2S/c23-11-10-17(28)14-26-12-4-9-20(26)21(29)25-22-24-18(15-30-22)19-8-5-13-27(19)16-6-2-1-3-7-16/h1-4,6-7,9,12,15,17,19,28H,5,8,10,13-14H2,(H,24,25,29)/t17-,19-/m1/s1. The molecule has 0 radical (unpaired) electrons. The summed E-state index contributed by atoms with van der Waals surface area (Å²) in [5.74, 6) is -0.281. The molecule has 0 aliphatic carbocycles. The second kappa shape index (κ2) is 9.11. The molecule has 3 aromatic rings. The van der Waals surface area contributed by atoms with Gasteiger partial charge in [0.2, 0.25) is 0 Å². The Labute approximate surface area is 179 Å². The zero-order chi connectivity index (χ0) is 20.9. The molecule has 1 aliphatic heterocycles. The van der Waals surface area contributed by atoms with Crippen LogP contribution in [0.3, 0.4) is 0 Å². The number of aromatic nitrogens is 2. The van der Waals surface area contributed by atoms with Crippen LogP contribution in [0.25, 0.3) is 0 Å². The molecule has 1 aromatic carbocycles. The molecular weight excluding hydrogens is 398 g/mol. The fourth-order valence-electron chi connectivity index (χ4n) is 3.84. The molecule has 2 aromatic heterocycles. The Morgan fingerprint density at radius 2 is 2.17 bits per heavy atom. The highest BCUT2D eigenvalue weighted by molar-refractivity contribution is 7.14. The first kappa shape index (κ1) is 20.1. The van der Waals surface area contributed by atoms with Crippen LogP contribution in [0.2, 0.25) is 0 Å². The molecule has 2 N–H and O–H groups in total. The smallest absolute Gasteiger partial charge is 0.274 e. The maximum absolute atomic E-state index is 12.7. The molecule has 8 heteroatoms. The SMILES string of the molecule is N#CC[C@@H](O)Cn1cccc1C(=O)Nc1nc([C@H]2CCCN2c2ccccc2)cs1. The van der Waals surface area contributed by atoms with Gasteiger partial charge in [0.15, 0.2) is 5.13 Å². The van der Waals surface area contributed by atoms with Crippen molar-refractivity contribution in [2.75, 3.05) is 16.8 Å². The fraction of sp³-hybridized carbons (Fsp3) is 0.318. The predicted molar refractivity (Wildman–Crippen MR) is 116 cm³/mol. The lowest BCUT2D eigenvalue weighted by molar-refractivity contribution is 0.101. The highest BCUT2D eigenvalue weighted by atomic mass is 32.1. The van der Waals surface area contributed by atoms with E-state index in [4.69, 9.17) is 5.26 Å². The normalized spacial score (nSPS) is 16.9. The number of thiazole rings is 1. The highest BCUT2D eigenvalue weighted by Crippen LogP contribution is 2.37. The van der Waals surface area contributed by atoms with Crippen molar-refractivity contribution in [3.05, 3.63) is 65.4 Å². The number of hydrogen-bond donors (Lipinski definition) is 2. The molecule has 3 heterocycles. The number of carbonyl (C=O) groups excluding carboxylic acids is 1. The molecule has 0 saturated carbocycles. The van der Waals surface area contributed by atoms with Gasteiger partial charge >= 0.3 is 0 Å². The molecule has 0 spiro atoms. The van der Waals surface area contributed by atoms with Gasteiger partial charge in [0.25, 0.3) is 5.91 Å². The molecule has 1 aliphatic rings. The van der Waals surface area contributed by atoms with Crippen molar-refractivity contribution < 1.29 is 9.90 Å². The van der Waals surface area contributed by atoms with E-state index in [1.807, 2.05) is 29.6 Å². The number of benzene rings is 1. The van der Waals surface area contributed by atoms with Gasteiger partial charge in [-0.1, -0.05) is 18.2 Å². The van der Waals surface area contributed by atoms with E-state index >= 15 is 0 Å². The van der Waals surface area contributed by atoms with Gasteiger partial charge in [-0.15, -0.1) is 11.3 Å². The summed E-state index contributed by atoms with van der Waals surface area (Å²) in [5.41, 5.74) is 2.58. The maximum atomic E-state index is 12.7. The Kier molecular flexibility index (Phi) is 6.12. The molecule has 0 unspecified atom stereocenters. The van der Waals surface area contributed by atoms with E-state index in [2.05, 4.69) is 27.3 Å². The van der Waals surface area contributed by atoms with Crippen LogP contribution < -0.4 is 10.2 Å². The molecule has 154 valence electrons. The van der Waals surface area contributed by atoms with Crippen LogP contribution in [0, 0.1) is 11.3 Å². The number of nitrogens with zero attached hydrogens (tertiary/aromatic N) is 4. The number of carbonyl (C=O) groups is 1. The third-order valence-corrected chi connectivity index (χ3v) is 6.00. The Morgan fingerprint density at radius 1 is 1.33 bits per heavy atom. The largest absolute Gasteiger partial charge is 0.390 e. The van der Waals surface area contributed by atoms with Gasteiger partial charge in [0.1, 0.15) is 5.69 Å². The van der Waals surface area contributed by atoms with Gasteiger partial charge in [-0.3, -0.25) is 10.1 Å². The summed E-state index contributed by atoms with van der Waals surface area (Å²) in [6, 6.07) is 15.9. The van der Waals surface area contributed by atoms with Crippen LogP contribution in [0.1, 0.15) is 41.5 Å². The third-order valence-electron chi connectivity index (χ3n) is 5.22. The second-order valence-electron chi connectivity index (χ2n) is 7.28. The van der Waals surface area contributed by atoms with E-state index in [1.54, 1.807) is 22.9 Å². The lowest BCUT2D eigenvalue weighted by atomic mass is 10.1. The third kappa shape index (κ3) is 4.37. The zero-order valence-corrected chi connectivity index (χ0v) is 17.3. The van der Waals surface area contributed by atoms with Crippen molar-refractivity contribution in [2.24, 2.45) is 0 Å². The molecule has 1 amide bonds. The van der Waals surface area contributed by atoms with Crippen molar-refractivity contribution in [3.8, 4) is 6.07 Å². The Bertz CT molecular complexity index is 1040. The van der Waals surface area contributed by atoms with Crippen molar-refractivity contribution in [1.29, 1.82) is 5.26 Å². The van der Waals surface area contributed by atoms with E-state index in [1.165, 1.54) is 17.0 Å². The molecule has 2 atom stereocenters. The number of anilines is 2. The van der Waals surface area contributed by atoms with Crippen molar-refractivity contribution in [2.45, 2.75) is 38.0 Å². The number of nitriles is 1. The van der Waals surface area contributed by atoms with Crippen LogP contribution in [-0.2, 0) is 6.54 Å². The van der Waals surface area contributed by atoms with Gasteiger partial charge < -0.3 is 14.6 Å². The Morgan fingerprint density at radius 3 is 2.97 bits per heavy atom. The van der Waals surface area contributed by atoms with Crippen LogP contribution in [-0.4, -0.2) is 33.2 Å². The highest BCUT2D eigenvalue weighted by Gasteiger charge is 2.28. The number of nitrogens with one attached hydrogen (secondary N) is 1. The van der Waals surface area contributed by atoms with Crippen molar-refractivity contribution in [1.82, 2.24) is 9.55 Å². The second-order valence-corrected chi connectivity index (χ2v) is 8.14. The summed E-state index contributed by atoms with van der Waals surface area (Å²) in [7, 11) is 0. The summed E-state index contributed by atoms with van der Waals surface area (Å²) < 4.78 is 1.65. The summed E-state index contributed by atoms with van der Waals surface area (Å²) in [4.78, 5) is 19.8. The number of amides is 1. The first-order chi connectivity index (χ1) is 14.7. The van der Waals surface area contributed by atoms with Crippen LogP contribution in [0.5, 0.6) is 0 Å². The zero-order valence-electron chi connectivity index (χ0n) is 16.4. The lowest BCUT2D eigenvalue weighted by Gasteiger charge is -2.25. The van der Waals surface area contributed by atoms with E-state index in [0.29, 0.717) is 10.8 Å². The average Bonchev–Trinajstić information content (AvgIpc) is 3.49. The van der Waals surface area contributed by atoms with Crippen molar-refractivity contribution in [3.63, 3.8) is 0 Å². The Hall–Kier alpha value is -3.15. The monoisotopic (exact) mass is 421 g/mol. The van der Waals surface area contributed by atoms with Crippen LogP contribution in [0.4, 0.5) is 10.8 Å². The summed E-state index contributed by atoms with van der Waals surface area (Å²) in [6.45, 7) is 1.19. The number of hydrogen-bond acceptors (Lipinski definition) is 6. The minimum atomic E-state index is -0.813. The minimum absolute atomic E-state index is 0.0222. The average molecular weight is 422 g/mol. The maximum Gasteiger partial charge on any atom is 0.274 e. The topological polar surface area (TPSA) is 94.2 Å². The van der Waals surface area contributed by atoms with E-state index < -0.39 is 6.10 Å². The van der Waals surface area contributed by atoms with Gasteiger partial charge in [-0.2, -0.15) is 5.26 Å². The fourth-order valence-corrected chi connectivity index (χ4v) is 4.59. The quantitative estimate of drug-likeness (QED) is 0.605.